The zero-order valence-electron chi connectivity index (χ0n) is 12.1. The Bertz CT molecular complexity index is 613. The molecule has 0 saturated heterocycles. The van der Waals surface area contributed by atoms with E-state index in [1.807, 2.05) is 25.2 Å². The SMILES string of the molecule is CNCc1cccc(COCc2ccc3c(c2)OCO3)c1. The minimum Gasteiger partial charge on any atom is -0.454 e. The highest BCUT2D eigenvalue weighted by Crippen LogP contribution is 2.32. The Labute approximate surface area is 124 Å². The topological polar surface area (TPSA) is 39.7 Å². The lowest BCUT2D eigenvalue weighted by Crippen LogP contribution is -2.05. The quantitative estimate of drug-likeness (QED) is 0.886. The Balaban J connectivity index is 1.55. The summed E-state index contributed by atoms with van der Waals surface area (Å²) >= 11 is 0. The van der Waals surface area contributed by atoms with Crippen molar-refractivity contribution in [2.24, 2.45) is 0 Å². The molecule has 0 saturated carbocycles. The largest absolute Gasteiger partial charge is 0.454 e. The van der Waals surface area contributed by atoms with Gasteiger partial charge in [0.05, 0.1) is 13.2 Å². The standard InChI is InChI=1S/C17H19NO3/c1-18-9-13-3-2-4-14(7-13)10-19-11-15-5-6-16-17(8-15)21-12-20-16/h2-8,18H,9-12H2,1H3. The second kappa shape index (κ2) is 6.61. The molecule has 1 heterocycles. The van der Waals surface area contributed by atoms with Gasteiger partial charge in [0.1, 0.15) is 0 Å². The first-order valence-electron chi connectivity index (χ1n) is 7.04. The van der Waals surface area contributed by atoms with Crippen LogP contribution in [0.1, 0.15) is 16.7 Å². The maximum Gasteiger partial charge on any atom is 0.231 e. The summed E-state index contributed by atoms with van der Waals surface area (Å²) in [6, 6.07) is 14.3. The summed E-state index contributed by atoms with van der Waals surface area (Å²) in [5.41, 5.74) is 3.54. The van der Waals surface area contributed by atoms with Crippen LogP contribution in [0.5, 0.6) is 11.5 Å². The van der Waals surface area contributed by atoms with Gasteiger partial charge in [-0.3, -0.25) is 0 Å². The van der Waals surface area contributed by atoms with Crippen molar-refractivity contribution in [2.75, 3.05) is 13.8 Å². The molecule has 0 radical (unpaired) electrons. The summed E-state index contributed by atoms with van der Waals surface area (Å²) in [5, 5.41) is 3.15. The van der Waals surface area contributed by atoms with Crippen molar-refractivity contribution >= 4 is 0 Å². The number of fused-ring (bicyclic) bond motifs is 1. The molecule has 0 atom stereocenters. The molecule has 1 aliphatic heterocycles. The molecule has 0 aromatic heterocycles. The predicted octanol–water partition coefficient (Wildman–Crippen LogP) is 2.85. The van der Waals surface area contributed by atoms with Crippen LogP contribution in [0, 0.1) is 0 Å². The Morgan fingerprint density at radius 2 is 1.71 bits per heavy atom. The normalized spacial score (nSPS) is 12.6. The van der Waals surface area contributed by atoms with Gasteiger partial charge in [-0.1, -0.05) is 30.3 Å². The third-order valence-corrected chi connectivity index (χ3v) is 3.35. The Morgan fingerprint density at radius 3 is 2.57 bits per heavy atom. The summed E-state index contributed by atoms with van der Waals surface area (Å²) in [4.78, 5) is 0. The summed E-state index contributed by atoms with van der Waals surface area (Å²) in [6.45, 7) is 2.34. The van der Waals surface area contributed by atoms with Gasteiger partial charge in [-0.15, -0.1) is 0 Å². The Morgan fingerprint density at radius 1 is 0.952 bits per heavy atom. The Kier molecular flexibility index (Phi) is 4.38. The highest BCUT2D eigenvalue weighted by molar-refractivity contribution is 5.44. The fourth-order valence-corrected chi connectivity index (χ4v) is 2.35. The highest BCUT2D eigenvalue weighted by Gasteiger charge is 2.12. The van der Waals surface area contributed by atoms with Crippen LogP contribution in [0.4, 0.5) is 0 Å². The van der Waals surface area contributed by atoms with Gasteiger partial charge in [-0.2, -0.15) is 0 Å². The van der Waals surface area contributed by atoms with Gasteiger partial charge < -0.3 is 19.5 Å². The number of ether oxygens (including phenoxy) is 3. The lowest BCUT2D eigenvalue weighted by atomic mass is 10.1. The smallest absolute Gasteiger partial charge is 0.231 e. The molecular formula is C17H19NO3. The second-order valence-corrected chi connectivity index (χ2v) is 5.03. The minimum atomic E-state index is 0.303. The number of benzene rings is 2. The van der Waals surface area contributed by atoms with Crippen LogP contribution in [-0.2, 0) is 24.5 Å². The van der Waals surface area contributed by atoms with Gasteiger partial charge in [0, 0.05) is 6.54 Å². The van der Waals surface area contributed by atoms with Crippen LogP contribution in [0.15, 0.2) is 42.5 Å². The molecule has 0 bridgehead atoms. The fraction of sp³-hybridized carbons (Fsp3) is 0.294. The summed E-state index contributed by atoms with van der Waals surface area (Å²) < 4.78 is 16.4. The van der Waals surface area contributed by atoms with E-state index in [4.69, 9.17) is 14.2 Å². The molecule has 0 aliphatic carbocycles. The van der Waals surface area contributed by atoms with E-state index in [2.05, 4.69) is 29.6 Å². The third-order valence-electron chi connectivity index (χ3n) is 3.35. The molecular weight excluding hydrogens is 266 g/mol. The van der Waals surface area contributed by atoms with E-state index in [1.54, 1.807) is 0 Å². The van der Waals surface area contributed by atoms with Crippen molar-refractivity contribution in [3.05, 3.63) is 59.2 Å². The molecule has 2 aromatic rings. The van der Waals surface area contributed by atoms with Crippen LogP contribution in [0.3, 0.4) is 0 Å². The predicted molar refractivity (Wildman–Crippen MR) is 80.3 cm³/mol. The van der Waals surface area contributed by atoms with Crippen molar-refractivity contribution in [2.45, 2.75) is 19.8 Å². The van der Waals surface area contributed by atoms with E-state index in [0.717, 1.165) is 23.6 Å². The zero-order chi connectivity index (χ0) is 14.5. The summed E-state index contributed by atoms with van der Waals surface area (Å²) in [7, 11) is 1.95. The molecule has 1 N–H and O–H groups in total. The zero-order valence-corrected chi connectivity index (χ0v) is 12.1. The Hall–Kier alpha value is -2.04. The number of hydrogen-bond acceptors (Lipinski definition) is 4. The first-order chi connectivity index (χ1) is 10.3. The van der Waals surface area contributed by atoms with Crippen LogP contribution < -0.4 is 14.8 Å². The summed E-state index contributed by atoms with van der Waals surface area (Å²) in [5.74, 6) is 1.60. The van der Waals surface area contributed by atoms with Crippen LogP contribution >= 0.6 is 0 Å². The van der Waals surface area contributed by atoms with Crippen LogP contribution in [-0.4, -0.2) is 13.8 Å². The molecule has 4 heteroatoms. The minimum absolute atomic E-state index is 0.303. The van der Waals surface area contributed by atoms with Gasteiger partial charge in [0.25, 0.3) is 0 Å². The fourth-order valence-electron chi connectivity index (χ4n) is 2.35. The molecule has 2 aromatic carbocycles. The van der Waals surface area contributed by atoms with Gasteiger partial charge in [-0.05, 0) is 35.9 Å². The molecule has 4 nitrogen and oxygen atoms in total. The van der Waals surface area contributed by atoms with E-state index in [-0.39, 0.29) is 0 Å². The van der Waals surface area contributed by atoms with E-state index in [9.17, 15) is 0 Å². The van der Waals surface area contributed by atoms with Gasteiger partial charge in [-0.25, -0.2) is 0 Å². The summed E-state index contributed by atoms with van der Waals surface area (Å²) in [6.07, 6.45) is 0. The van der Waals surface area contributed by atoms with Crippen molar-refractivity contribution in [1.29, 1.82) is 0 Å². The maximum atomic E-state index is 5.78. The number of rotatable bonds is 6. The molecule has 0 spiro atoms. The molecule has 110 valence electrons. The molecule has 3 rings (SSSR count). The molecule has 0 unspecified atom stereocenters. The molecule has 21 heavy (non-hydrogen) atoms. The van der Waals surface area contributed by atoms with Gasteiger partial charge >= 0.3 is 0 Å². The molecule has 0 amide bonds. The lowest BCUT2D eigenvalue weighted by molar-refractivity contribution is 0.107. The van der Waals surface area contributed by atoms with Crippen molar-refractivity contribution in [3.63, 3.8) is 0 Å². The van der Waals surface area contributed by atoms with Crippen LogP contribution in [0.25, 0.3) is 0 Å². The van der Waals surface area contributed by atoms with E-state index < -0.39 is 0 Å². The molecule has 0 fully saturated rings. The van der Waals surface area contributed by atoms with Crippen LogP contribution in [0.2, 0.25) is 0 Å². The van der Waals surface area contributed by atoms with Gasteiger partial charge in [0.15, 0.2) is 11.5 Å². The van der Waals surface area contributed by atoms with Crippen molar-refractivity contribution in [1.82, 2.24) is 5.32 Å². The second-order valence-electron chi connectivity index (χ2n) is 5.03. The highest BCUT2D eigenvalue weighted by atomic mass is 16.7. The van der Waals surface area contributed by atoms with Crippen molar-refractivity contribution < 1.29 is 14.2 Å². The number of nitrogens with one attached hydrogen (secondary N) is 1. The first kappa shape index (κ1) is 13.9. The third kappa shape index (κ3) is 3.54. The monoisotopic (exact) mass is 285 g/mol. The maximum absolute atomic E-state index is 5.78. The average Bonchev–Trinajstić information content (AvgIpc) is 2.96. The van der Waals surface area contributed by atoms with E-state index in [0.29, 0.717) is 20.0 Å². The van der Waals surface area contributed by atoms with E-state index in [1.165, 1.54) is 11.1 Å². The number of hydrogen-bond donors (Lipinski definition) is 1. The first-order valence-corrected chi connectivity index (χ1v) is 7.04. The molecule has 1 aliphatic rings. The van der Waals surface area contributed by atoms with E-state index >= 15 is 0 Å². The average molecular weight is 285 g/mol. The van der Waals surface area contributed by atoms with Crippen molar-refractivity contribution in [3.8, 4) is 11.5 Å². The lowest BCUT2D eigenvalue weighted by Gasteiger charge is -2.07. The van der Waals surface area contributed by atoms with Gasteiger partial charge in [0.2, 0.25) is 6.79 Å².